The molecule has 0 radical (unpaired) electrons. The summed E-state index contributed by atoms with van der Waals surface area (Å²) in [6, 6.07) is 61.5. The molecule has 3 aromatic heterocycles. The zero-order chi connectivity index (χ0) is 39.2. The second-order valence-electron chi connectivity index (χ2n) is 16.0. The Bertz CT molecular complexity index is 3470. The highest BCUT2D eigenvalue weighted by Gasteiger charge is 2.35. The first kappa shape index (κ1) is 33.5. The zero-order valence-electron chi connectivity index (χ0n) is 32.4. The van der Waals surface area contributed by atoms with Crippen LogP contribution in [0.2, 0.25) is 0 Å². The highest BCUT2D eigenvalue weighted by molar-refractivity contribution is 6.13. The first-order valence-electron chi connectivity index (χ1n) is 20.0. The third kappa shape index (κ3) is 5.28. The van der Waals surface area contributed by atoms with Gasteiger partial charge in [-0.2, -0.15) is 0 Å². The van der Waals surface area contributed by atoms with Crippen molar-refractivity contribution in [3.8, 4) is 67.5 Å². The lowest BCUT2D eigenvalue weighted by molar-refractivity contribution is 0.660. The molecule has 11 aromatic rings. The van der Waals surface area contributed by atoms with E-state index < -0.39 is 0 Å². The Morgan fingerprint density at radius 2 is 0.915 bits per heavy atom. The number of rotatable bonds is 5. The van der Waals surface area contributed by atoms with Gasteiger partial charge in [0.25, 0.3) is 0 Å². The Morgan fingerprint density at radius 1 is 0.339 bits per heavy atom. The summed E-state index contributed by atoms with van der Waals surface area (Å²) >= 11 is 0. The molecule has 0 atom stereocenters. The molecule has 278 valence electrons. The first-order valence-corrected chi connectivity index (χ1v) is 20.0. The topological polar surface area (TPSA) is 65.0 Å². The van der Waals surface area contributed by atoms with E-state index in [0.717, 1.165) is 71.7 Å². The van der Waals surface area contributed by atoms with Gasteiger partial charge in [-0.1, -0.05) is 147 Å². The predicted molar refractivity (Wildman–Crippen MR) is 239 cm³/mol. The molecule has 8 aromatic carbocycles. The van der Waals surface area contributed by atoms with Gasteiger partial charge in [-0.05, 0) is 87.0 Å². The molecule has 0 fully saturated rings. The van der Waals surface area contributed by atoms with E-state index in [0.29, 0.717) is 17.5 Å². The minimum Gasteiger partial charge on any atom is -0.456 e. The van der Waals surface area contributed by atoms with E-state index in [-0.39, 0.29) is 5.41 Å². The Labute approximate surface area is 340 Å². The second kappa shape index (κ2) is 12.7. The number of para-hydroxylation sites is 1. The third-order valence-electron chi connectivity index (χ3n) is 12.2. The van der Waals surface area contributed by atoms with Gasteiger partial charge in [0.05, 0.1) is 0 Å². The fraction of sp³-hybridized carbons (Fsp3) is 0.0556. The van der Waals surface area contributed by atoms with Gasteiger partial charge in [-0.25, -0.2) is 15.0 Å². The van der Waals surface area contributed by atoms with Crippen LogP contribution in [0, 0.1) is 0 Å². The van der Waals surface area contributed by atoms with Gasteiger partial charge in [0, 0.05) is 43.7 Å². The van der Waals surface area contributed by atoms with E-state index in [1.165, 1.54) is 33.4 Å². The van der Waals surface area contributed by atoms with Crippen LogP contribution in [-0.4, -0.2) is 15.0 Å². The Kier molecular flexibility index (Phi) is 7.20. The average molecular weight is 758 g/mol. The van der Waals surface area contributed by atoms with E-state index in [1.807, 2.05) is 66.7 Å². The molecule has 0 unspecified atom stereocenters. The van der Waals surface area contributed by atoms with Gasteiger partial charge in [0.2, 0.25) is 0 Å². The molecular weight excluding hydrogens is 723 g/mol. The molecule has 0 spiro atoms. The summed E-state index contributed by atoms with van der Waals surface area (Å²) in [5.74, 6) is 1.73. The van der Waals surface area contributed by atoms with Crippen molar-refractivity contribution in [3.05, 3.63) is 187 Å². The molecular formula is C54H35N3O2. The molecule has 1 aliphatic carbocycles. The largest absolute Gasteiger partial charge is 0.456 e. The fourth-order valence-electron chi connectivity index (χ4n) is 9.14. The van der Waals surface area contributed by atoms with Gasteiger partial charge in [-0.15, -0.1) is 0 Å². The number of benzene rings is 8. The lowest BCUT2D eigenvalue weighted by Crippen LogP contribution is -2.14. The van der Waals surface area contributed by atoms with Gasteiger partial charge < -0.3 is 8.83 Å². The van der Waals surface area contributed by atoms with E-state index in [2.05, 4.69) is 123 Å². The fourth-order valence-corrected chi connectivity index (χ4v) is 9.14. The molecule has 0 saturated heterocycles. The molecule has 0 bridgehead atoms. The minimum atomic E-state index is -0.0424. The van der Waals surface area contributed by atoms with Crippen LogP contribution in [0.5, 0.6) is 0 Å². The first-order chi connectivity index (χ1) is 29.0. The van der Waals surface area contributed by atoms with Crippen LogP contribution in [0.1, 0.15) is 25.0 Å². The van der Waals surface area contributed by atoms with Crippen LogP contribution in [-0.2, 0) is 5.41 Å². The quantitative estimate of drug-likeness (QED) is 0.175. The zero-order valence-corrected chi connectivity index (χ0v) is 32.4. The maximum absolute atomic E-state index is 6.48. The maximum Gasteiger partial charge on any atom is 0.164 e. The number of hydrogen-bond acceptors (Lipinski definition) is 5. The molecule has 0 N–H and O–H groups in total. The minimum absolute atomic E-state index is 0.0424. The van der Waals surface area contributed by atoms with Crippen molar-refractivity contribution in [2.75, 3.05) is 0 Å². The molecule has 0 saturated carbocycles. The van der Waals surface area contributed by atoms with Crippen molar-refractivity contribution in [1.29, 1.82) is 0 Å². The van der Waals surface area contributed by atoms with Gasteiger partial charge >= 0.3 is 0 Å². The highest BCUT2D eigenvalue weighted by atomic mass is 16.3. The summed E-state index contributed by atoms with van der Waals surface area (Å²) in [7, 11) is 0. The van der Waals surface area contributed by atoms with Gasteiger partial charge in [-0.3, -0.25) is 0 Å². The van der Waals surface area contributed by atoms with Crippen molar-refractivity contribution in [2.45, 2.75) is 19.3 Å². The van der Waals surface area contributed by atoms with Crippen molar-refractivity contribution >= 4 is 43.9 Å². The van der Waals surface area contributed by atoms with Crippen LogP contribution in [0.3, 0.4) is 0 Å². The van der Waals surface area contributed by atoms with E-state index in [4.69, 9.17) is 23.8 Å². The molecule has 1 aliphatic rings. The van der Waals surface area contributed by atoms with E-state index in [9.17, 15) is 0 Å². The van der Waals surface area contributed by atoms with Crippen LogP contribution in [0.15, 0.2) is 185 Å². The summed E-state index contributed by atoms with van der Waals surface area (Å²) < 4.78 is 12.7. The summed E-state index contributed by atoms with van der Waals surface area (Å²) in [5, 5.41) is 4.11. The van der Waals surface area contributed by atoms with E-state index in [1.54, 1.807) is 0 Å². The maximum atomic E-state index is 6.48. The standard InChI is InChI=1S/C54H35N3O2/c1-54(2)44-16-8-6-13-38(44)39-26-23-36(30-45(39)54)33-21-19-32(20-22-33)35-25-28-47-43(29-35)50-42(15-10-18-48(50)58-47)53-56-51(34-11-4-3-5-12-34)55-52(57-53)37-24-27-41-40-14-7-9-17-46(40)59-49(41)31-37/h3-31H,1-2H3. The number of fused-ring (bicyclic) bond motifs is 9. The number of furan rings is 2. The van der Waals surface area contributed by atoms with Crippen LogP contribution < -0.4 is 0 Å². The smallest absolute Gasteiger partial charge is 0.164 e. The third-order valence-corrected chi connectivity index (χ3v) is 12.2. The van der Waals surface area contributed by atoms with Gasteiger partial charge in [0.1, 0.15) is 22.3 Å². The molecule has 0 amide bonds. The molecule has 5 nitrogen and oxygen atoms in total. The highest BCUT2D eigenvalue weighted by Crippen LogP contribution is 2.49. The van der Waals surface area contributed by atoms with Crippen molar-refractivity contribution in [3.63, 3.8) is 0 Å². The lowest BCUT2D eigenvalue weighted by atomic mass is 9.81. The SMILES string of the molecule is CC1(C)c2ccccc2-c2ccc(-c3ccc(-c4ccc5oc6cccc(-c7nc(-c8ccccc8)nc(-c8ccc9c(c8)oc8ccccc89)n7)c6c5c4)cc3)cc21. The monoisotopic (exact) mass is 757 g/mol. The summed E-state index contributed by atoms with van der Waals surface area (Å²) in [4.78, 5) is 15.3. The van der Waals surface area contributed by atoms with Crippen LogP contribution in [0.25, 0.3) is 111 Å². The van der Waals surface area contributed by atoms with Gasteiger partial charge in [0.15, 0.2) is 17.5 Å². The summed E-state index contributed by atoms with van der Waals surface area (Å²) in [6.45, 7) is 4.66. The summed E-state index contributed by atoms with van der Waals surface area (Å²) in [5.41, 5.74) is 15.9. The normalized spacial score (nSPS) is 13.1. The van der Waals surface area contributed by atoms with Crippen molar-refractivity contribution < 1.29 is 8.83 Å². The Hall–Kier alpha value is -7.63. The predicted octanol–water partition coefficient (Wildman–Crippen LogP) is 14.3. The molecule has 12 rings (SSSR count). The van der Waals surface area contributed by atoms with E-state index >= 15 is 0 Å². The van der Waals surface area contributed by atoms with Crippen molar-refractivity contribution in [1.82, 2.24) is 15.0 Å². The molecule has 59 heavy (non-hydrogen) atoms. The van der Waals surface area contributed by atoms with Crippen LogP contribution in [0.4, 0.5) is 0 Å². The number of nitrogens with zero attached hydrogens (tertiary/aromatic N) is 3. The average Bonchev–Trinajstić information content (AvgIpc) is 3.93. The Balaban J connectivity index is 0.951. The molecule has 0 aliphatic heterocycles. The Morgan fingerprint density at radius 3 is 1.76 bits per heavy atom. The lowest BCUT2D eigenvalue weighted by Gasteiger charge is -2.22. The second-order valence-corrected chi connectivity index (χ2v) is 16.0. The number of aromatic nitrogens is 3. The van der Waals surface area contributed by atoms with Crippen molar-refractivity contribution in [2.24, 2.45) is 0 Å². The number of hydrogen-bond donors (Lipinski definition) is 0. The summed E-state index contributed by atoms with van der Waals surface area (Å²) in [6.07, 6.45) is 0. The van der Waals surface area contributed by atoms with Crippen LogP contribution >= 0.6 is 0 Å². The molecule has 5 heteroatoms. The molecule has 3 heterocycles.